The number of benzene rings is 1. The monoisotopic (exact) mass is 245 g/mol. The number of nitrogen functional groups attached to an aromatic ring is 1. The summed E-state index contributed by atoms with van der Waals surface area (Å²) in [6, 6.07) is 7.36. The van der Waals surface area contributed by atoms with Crippen molar-refractivity contribution in [3.05, 3.63) is 35.7 Å². The average molecular weight is 245 g/mol. The molecule has 5 heteroatoms. The first-order valence-electron chi connectivity index (χ1n) is 5.72. The van der Waals surface area contributed by atoms with Gasteiger partial charge in [0.1, 0.15) is 5.82 Å². The van der Waals surface area contributed by atoms with Gasteiger partial charge < -0.3 is 15.5 Å². The lowest BCUT2D eigenvalue weighted by Crippen LogP contribution is -2.06. The molecule has 0 saturated carbocycles. The molecule has 0 fully saturated rings. The first kappa shape index (κ1) is 12.2. The smallest absolute Gasteiger partial charge is 0.358 e. The summed E-state index contributed by atoms with van der Waals surface area (Å²) in [5, 5.41) is 0. The number of nitrogens with zero attached hydrogens (tertiary/aromatic N) is 1. The minimum Gasteiger partial charge on any atom is -0.461 e. The van der Waals surface area contributed by atoms with Crippen LogP contribution in [0.3, 0.4) is 0 Å². The Balaban J connectivity index is 2.41. The molecule has 1 aromatic carbocycles. The van der Waals surface area contributed by atoms with Crippen LogP contribution in [-0.4, -0.2) is 22.5 Å². The zero-order chi connectivity index (χ0) is 13.1. The van der Waals surface area contributed by atoms with Crippen LogP contribution in [0.5, 0.6) is 0 Å². The van der Waals surface area contributed by atoms with E-state index in [2.05, 4.69) is 9.97 Å². The van der Waals surface area contributed by atoms with Crippen molar-refractivity contribution in [1.82, 2.24) is 9.97 Å². The number of para-hydroxylation sites is 1. The van der Waals surface area contributed by atoms with E-state index < -0.39 is 5.97 Å². The van der Waals surface area contributed by atoms with E-state index in [1.54, 1.807) is 19.9 Å². The van der Waals surface area contributed by atoms with E-state index in [4.69, 9.17) is 10.5 Å². The van der Waals surface area contributed by atoms with Crippen molar-refractivity contribution >= 4 is 11.7 Å². The number of anilines is 1. The van der Waals surface area contributed by atoms with Gasteiger partial charge in [0.25, 0.3) is 0 Å². The molecule has 1 aromatic heterocycles. The highest BCUT2D eigenvalue weighted by Gasteiger charge is 2.17. The van der Waals surface area contributed by atoms with Gasteiger partial charge >= 0.3 is 5.97 Å². The first-order valence-corrected chi connectivity index (χ1v) is 5.72. The molecule has 18 heavy (non-hydrogen) atoms. The number of nitrogens with one attached hydrogen (secondary N) is 1. The van der Waals surface area contributed by atoms with Crippen LogP contribution in [0.1, 0.15) is 23.1 Å². The van der Waals surface area contributed by atoms with Crippen LogP contribution in [0, 0.1) is 6.92 Å². The Morgan fingerprint density at radius 2 is 2.17 bits per heavy atom. The number of imidazole rings is 1. The van der Waals surface area contributed by atoms with Crippen LogP contribution >= 0.6 is 0 Å². The molecule has 3 N–H and O–H groups in total. The number of esters is 1. The third kappa shape index (κ3) is 2.20. The van der Waals surface area contributed by atoms with Gasteiger partial charge in [0.2, 0.25) is 0 Å². The third-order valence-corrected chi connectivity index (χ3v) is 2.57. The number of H-pyrrole nitrogens is 1. The summed E-state index contributed by atoms with van der Waals surface area (Å²) >= 11 is 0. The summed E-state index contributed by atoms with van der Waals surface area (Å²) < 4.78 is 4.94. The number of carbonyl (C=O) groups is 1. The molecule has 94 valence electrons. The van der Waals surface area contributed by atoms with E-state index in [1.165, 1.54) is 0 Å². The summed E-state index contributed by atoms with van der Waals surface area (Å²) in [5.41, 5.74) is 8.23. The molecule has 2 aromatic rings. The van der Waals surface area contributed by atoms with E-state index in [-0.39, 0.29) is 0 Å². The normalized spacial score (nSPS) is 10.3. The predicted octanol–water partition coefficient (Wildman–Crippen LogP) is 2.14. The molecule has 0 aliphatic carbocycles. The molecule has 1 heterocycles. The number of aryl methyl sites for hydroxylation is 1. The lowest BCUT2D eigenvalue weighted by molar-refractivity contribution is 0.0519. The molecule has 0 amide bonds. The fraction of sp³-hybridized carbons (Fsp3) is 0.231. The average Bonchev–Trinajstić information content (AvgIpc) is 2.72. The number of carbonyl (C=O) groups excluding carboxylic acids is 1. The highest BCUT2D eigenvalue weighted by atomic mass is 16.5. The fourth-order valence-electron chi connectivity index (χ4n) is 1.70. The van der Waals surface area contributed by atoms with Crippen molar-refractivity contribution < 1.29 is 9.53 Å². The van der Waals surface area contributed by atoms with Crippen LogP contribution in [-0.2, 0) is 4.74 Å². The number of ether oxygens (including phenoxy) is 1. The van der Waals surface area contributed by atoms with E-state index in [1.807, 2.05) is 18.2 Å². The first-order chi connectivity index (χ1) is 8.63. The molecule has 0 spiro atoms. The SMILES string of the molecule is CCOC(=O)c1nc(-c2ccccc2N)[nH]c1C. The zero-order valence-corrected chi connectivity index (χ0v) is 10.4. The van der Waals surface area contributed by atoms with Gasteiger partial charge in [0.05, 0.1) is 6.61 Å². The highest BCUT2D eigenvalue weighted by molar-refractivity contribution is 5.89. The number of nitrogens with two attached hydrogens (primary N) is 1. The van der Waals surface area contributed by atoms with Crippen molar-refractivity contribution in [3.63, 3.8) is 0 Å². The number of rotatable bonds is 3. The van der Waals surface area contributed by atoms with E-state index >= 15 is 0 Å². The Hall–Kier alpha value is -2.30. The summed E-state index contributed by atoms with van der Waals surface area (Å²) in [6.45, 7) is 3.87. The predicted molar refractivity (Wildman–Crippen MR) is 69.1 cm³/mol. The zero-order valence-electron chi connectivity index (χ0n) is 10.4. The Labute approximate surface area is 105 Å². The molecule has 0 unspecified atom stereocenters. The van der Waals surface area contributed by atoms with Crippen molar-refractivity contribution in [2.24, 2.45) is 0 Å². The Morgan fingerprint density at radius 3 is 2.83 bits per heavy atom. The number of aromatic nitrogens is 2. The van der Waals surface area contributed by atoms with Crippen LogP contribution in [0.15, 0.2) is 24.3 Å². The third-order valence-electron chi connectivity index (χ3n) is 2.57. The van der Waals surface area contributed by atoms with Gasteiger partial charge in [-0.15, -0.1) is 0 Å². The Bertz CT molecular complexity index is 575. The maximum absolute atomic E-state index is 11.7. The van der Waals surface area contributed by atoms with Crippen molar-refractivity contribution in [1.29, 1.82) is 0 Å². The molecule has 0 atom stereocenters. The lowest BCUT2D eigenvalue weighted by atomic mass is 10.2. The van der Waals surface area contributed by atoms with Crippen molar-refractivity contribution in [2.45, 2.75) is 13.8 Å². The Kier molecular flexibility index (Phi) is 3.32. The summed E-state index contributed by atoms with van der Waals surface area (Å²) in [7, 11) is 0. The molecule has 0 radical (unpaired) electrons. The van der Waals surface area contributed by atoms with Crippen molar-refractivity contribution in [2.75, 3.05) is 12.3 Å². The maximum Gasteiger partial charge on any atom is 0.358 e. The minimum atomic E-state index is -0.424. The largest absolute Gasteiger partial charge is 0.461 e. The molecular weight excluding hydrogens is 230 g/mol. The second kappa shape index (κ2) is 4.91. The molecule has 2 rings (SSSR count). The number of aromatic amines is 1. The van der Waals surface area contributed by atoms with Crippen LogP contribution in [0.4, 0.5) is 5.69 Å². The minimum absolute atomic E-state index is 0.301. The van der Waals surface area contributed by atoms with E-state index in [9.17, 15) is 4.79 Å². The summed E-state index contributed by atoms with van der Waals surface area (Å²) in [6.07, 6.45) is 0. The lowest BCUT2D eigenvalue weighted by Gasteiger charge is -2.00. The summed E-state index contributed by atoms with van der Waals surface area (Å²) in [4.78, 5) is 19.0. The second-order valence-corrected chi connectivity index (χ2v) is 3.87. The van der Waals surface area contributed by atoms with Gasteiger partial charge in [-0.3, -0.25) is 0 Å². The summed E-state index contributed by atoms with van der Waals surface area (Å²) in [5.74, 6) is 0.153. The van der Waals surface area contributed by atoms with Gasteiger partial charge in [-0.1, -0.05) is 12.1 Å². The van der Waals surface area contributed by atoms with Crippen LogP contribution < -0.4 is 5.73 Å². The van der Waals surface area contributed by atoms with E-state index in [0.29, 0.717) is 29.5 Å². The standard InChI is InChI=1S/C13H15N3O2/c1-3-18-13(17)11-8(2)15-12(16-11)9-6-4-5-7-10(9)14/h4-7H,3,14H2,1-2H3,(H,15,16). The molecule has 0 bridgehead atoms. The molecule has 5 nitrogen and oxygen atoms in total. The number of hydrogen-bond acceptors (Lipinski definition) is 4. The van der Waals surface area contributed by atoms with Gasteiger partial charge in [-0.05, 0) is 26.0 Å². The molecule has 0 saturated heterocycles. The van der Waals surface area contributed by atoms with Gasteiger partial charge in [-0.2, -0.15) is 0 Å². The Morgan fingerprint density at radius 1 is 1.44 bits per heavy atom. The topological polar surface area (TPSA) is 81.0 Å². The number of hydrogen-bond donors (Lipinski definition) is 2. The van der Waals surface area contributed by atoms with Gasteiger partial charge in [-0.25, -0.2) is 9.78 Å². The van der Waals surface area contributed by atoms with Gasteiger partial charge in [0.15, 0.2) is 5.69 Å². The quantitative estimate of drug-likeness (QED) is 0.641. The van der Waals surface area contributed by atoms with E-state index in [0.717, 1.165) is 5.56 Å². The van der Waals surface area contributed by atoms with Crippen LogP contribution in [0.2, 0.25) is 0 Å². The highest BCUT2D eigenvalue weighted by Crippen LogP contribution is 2.24. The van der Waals surface area contributed by atoms with Crippen LogP contribution in [0.25, 0.3) is 11.4 Å². The van der Waals surface area contributed by atoms with Crippen molar-refractivity contribution in [3.8, 4) is 11.4 Å². The maximum atomic E-state index is 11.7. The fourth-order valence-corrected chi connectivity index (χ4v) is 1.70. The molecule has 0 aliphatic rings. The van der Waals surface area contributed by atoms with Gasteiger partial charge in [0, 0.05) is 16.9 Å². The molecule has 0 aliphatic heterocycles. The second-order valence-electron chi connectivity index (χ2n) is 3.87. The molecular formula is C13H15N3O2.